The van der Waals surface area contributed by atoms with Crippen molar-refractivity contribution in [3.63, 3.8) is 0 Å². The summed E-state index contributed by atoms with van der Waals surface area (Å²) in [5, 5.41) is 1.21. The fourth-order valence-corrected chi connectivity index (χ4v) is 7.47. The minimum atomic E-state index is -0.126. The summed E-state index contributed by atoms with van der Waals surface area (Å²) in [6, 6.07) is 43.7. The SMILES string of the molecule is C=C1c2ccccc2N(c2cc3c(cc2-n2c4ccccc4c(=O)c4ccccc42)C(=O)n2c-3nc3ccccc32)c2ccccc21. The van der Waals surface area contributed by atoms with Gasteiger partial charge in [0.25, 0.3) is 5.91 Å². The molecular formula is C41H24N4O2. The third-order valence-electron chi connectivity index (χ3n) is 9.55. The van der Waals surface area contributed by atoms with Crippen molar-refractivity contribution >= 4 is 61.4 Å². The topological polar surface area (TPSA) is 60.1 Å². The van der Waals surface area contributed by atoms with E-state index in [4.69, 9.17) is 4.98 Å². The normalized spacial score (nSPS) is 13.2. The Morgan fingerprint density at radius 2 is 1.02 bits per heavy atom. The van der Waals surface area contributed by atoms with Gasteiger partial charge in [0.1, 0.15) is 5.82 Å². The number of hydrogen-bond acceptors (Lipinski definition) is 4. The average Bonchev–Trinajstić information content (AvgIpc) is 3.63. The summed E-state index contributed by atoms with van der Waals surface area (Å²) in [4.78, 5) is 35.3. The number of anilines is 3. The van der Waals surface area contributed by atoms with Gasteiger partial charge in [-0.1, -0.05) is 79.4 Å². The van der Waals surface area contributed by atoms with Crippen LogP contribution in [-0.4, -0.2) is 20.0 Å². The van der Waals surface area contributed by atoms with Crippen LogP contribution in [0.2, 0.25) is 0 Å². The first-order chi connectivity index (χ1) is 23.1. The monoisotopic (exact) mass is 604 g/mol. The first kappa shape index (κ1) is 25.8. The Morgan fingerprint density at radius 3 is 1.68 bits per heavy atom. The van der Waals surface area contributed by atoms with Crippen molar-refractivity contribution < 1.29 is 4.79 Å². The maximum Gasteiger partial charge on any atom is 0.264 e. The fraction of sp³-hybridized carbons (Fsp3) is 0. The van der Waals surface area contributed by atoms with Gasteiger partial charge in [-0.3, -0.25) is 14.2 Å². The van der Waals surface area contributed by atoms with E-state index in [1.54, 1.807) is 4.57 Å². The highest BCUT2D eigenvalue weighted by atomic mass is 16.2. The number of benzene rings is 6. The summed E-state index contributed by atoms with van der Waals surface area (Å²) in [5.74, 6) is 0.496. The van der Waals surface area contributed by atoms with Gasteiger partial charge in [0.2, 0.25) is 0 Å². The van der Waals surface area contributed by atoms with E-state index in [2.05, 4.69) is 46.4 Å². The first-order valence-electron chi connectivity index (χ1n) is 15.5. The predicted octanol–water partition coefficient (Wildman–Crippen LogP) is 9.01. The van der Waals surface area contributed by atoms with Crippen LogP contribution in [-0.2, 0) is 0 Å². The molecular weight excluding hydrogens is 580 g/mol. The second-order valence-electron chi connectivity index (χ2n) is 12.0. The molecule has 0 unspecified atom stereocenters. The zero-order valence-electron chi connectivity index (χ0n) is 25.0. The number of fused-ring (bicyclic) bond motifs is 9. The van der Waals surface area contributed by atoms with E-state index in [-0.39, 0.29) is 11.3 Å². The molecule has 220 valence electrons. The molecule has 0 N–H and O–H groups in total. The predicted molar refractivity (Wildman–Crippen MR) is 188 cm³/mol. The average molecular weight is 605 g/mol. The quantitative estimate of drug-likeness (QED) is 0.185. The molecule has 47 heavy (non-hydrogen) atoms. The molecule has 0 amide bonds. The number of pyridine rings is 1. The lowest BCUT2D eigenvalue weighted by molar-refractivity contribution is 0.0973. The van der Waals surface area contributed by atoms with Crippen LogP contribution in [0.25, 0.3) is 55.5 Å². The summed E-state index contributed by atoms with van der Waals surface area (Å²) < 4.78 is 3.85. The molecule has 0 atom stereocenters. The number of nitrogens with zero attached hydrogens (tertiary/aromatic N) is 4. The van der Waals surface area contributed by atoms with E-state index in [1.165, 1.54) is 0 Å². The van der Waals surface area contributed by atoms with Gasteiger partial charge in [0.05, 0.1) is 50.4 Å². The van der Waals surface area contributed by atoms with Crippen LogP contribution in [0.5, 0.6) is 0 Å². The number of imidazole rings is 1. The lowest BCUT2D eigenvalue weighted by Crippen LogP contribution is -2.20. The maximum atomic E-state index is 14.3. The largest absolute Gasteiger partial charge is 0.307 e. The highest BCUT2D eigenvalue weighted by molar-refractivity contribution is 6.15. The smallest absolute Gasteiger partial charge is 0.264 e. The zero-order chi connectivity index (χ0) is 31.4. The number of para-hydroxylation sites is 6. The van der Waals surface area contributed by atoms with E-state index in [1.807, 2.05) is 103 Å². The number of carbonyl (C=O) groups is 1. The fourth-order valence-electron chi connectivity index (χ4n) is 7.47. The van der Waals surface area contributed by atoms with Crippen LogP contribution in [0, 0.1) is 0 Å². The van der Waals surface area contributed by atoms with Crippen LogP contribution in [0.3, 0.4) is 0 Å². The molecule has 2 aliphatic rings. The molecule has 0 aliphatic carbocycles. The van der Waals surface area contributed by atoms with E-state index in [0.717, 1.165) is 67.1 Å². The molecule has 4 heterocycles. The second-order valence-corrected chi connectivity index (χ2v) is 12.0. The molecule has 0 radical (unpaired) electrons. The molecule has 6 nitrogen and oxygen atoms in total. The van der Waals surface area contributed by atoms with Crippen LogP contribution in [0.1, 0.15) is 21.5 Å². The van der Waals surface area contributed by atoms with Gasteiger partial charge >= 0.3 is 0 Å². The van der Waals surface area contributed by atoms with Gasteiger partial charge in [-0.2, -0.15) is 0 Å². The molecule has 6 aromatic carbocycles. The lowest BCUT2D eigenvalue weighted by atomic mass is 9.90. The Hall–Kier alpha value is -6.53. The Balaban J connectivity index is 1.39. The summed E-state index contributed by atoms with van der Waals surface area (Å²) >= 11 is 0. The van der Waals surface area contributed by atoms with Gasteiger partial charge < -0.3 is 9.47 Å². The van der Waals surface area contributed by atoms with Gasteiger partial charge in [-0.25, -0.2) is 4.98 Å². The first-order valence-corrected chi connectivity index (χ1v) is 15.5. The van der Waals surface area contributed by atoms with E-state index in [9.17, 15) is 9.59 Å². The zero-order valence-corrected chi connectivity index (χ0v) is 25.0. The van der Waals surface area contributed by atoms with E-state index in [0.29, 0.717) is 22.2 Å². The Bertz CT molecular complexity index is 2660. The second kappa shape index (κ2) is 9.25. The van der Waals surface area contributed by atoms with Crippen molar-refractivity contribution in [2.75, 3.05) is 4.90 Å². The maximum absolute atomic E-state index is 14.3. The summed E-state index contributed by atoms with van der Waals surface area (Å²) in [6.07, 6.45) is 0. The van der Waals surface area contributed by atoms with Gasteiger partial charge in [0, 0.05) is 27.5 Å². The van der Waals surface area contributed by atoms with Crippen molar-refractivity contribution in [1.29, 1.82) is 0 Å². The highest BCUT2D eigenvalue weighted by Crippen LogP contribution is 2.51. The molecule has 2 aromatic heterocycles. The van der Waals surface area contributed by atoms with Crippen LogP contribution < -0.4 is 10.3 Å². The Labute approximate surface area is 268 Å². The van der Waals surface area contributed by atoms with E-state index < -0.39 is 0 Å². The Kier molecular flexibility index (Phi) is 5.07. The van der Waals surface area contributed by atoms with Gasteiger partial charge in [-0.05, 0) is 66.2 Å². The third-order valence-corrected chi connectivity index (χ3v) is 9.55. The summed E-state index contributed by atoms with van der Waals surface area (Å²) in [6.45, 7) is 4.49. The van der Waals surface area contributed by atoms with Crippen molar-refractivity contribution in [3.8, 4) is 17.1 Å². The molecule has 0 saturated heterocycles. The van der Waals surface area contributed by atoms with Crippen molar-refractivity contribution in [2.45, 2.75) is 0 Å². The molecule has 0 saturated carbocycles. The van der Waals surface area contributed by atoms with Gasteiger partial charge in [0.15, 0.2) is 5.43 Å². The number of aromatic nitrogens is 3. The van der Waals surface area contributed by atoms with Crippen molar-refractivity contribution in [3.05, 3.63) is 167 Å². The molecule has 0 spiro atoms. The van der Waals surface area contributed by atoms with Crippen LogP contribution >= 0.6 is 0 Å². The lowest BCUT2D eigenvalue weighted by Gasteiger charge is -2.36. The number of hydrogen-bond donors (Lipinski definition) is 0. The summed E-state index contributed by atoms with van der Waals surface area (Å²) in [7, 11) is 0. The molecule has 0 fully saturated rings. The molecule has 6 heteroatoms. The molecule has 8 aromatic rings. The van der Waals surface area contributed by atoms with Gasteiger partial charge in [-0.15, -0.1) is 0 Å². The van der Waals surface area contributed by atoms with E-state index >= 15 is 0 Å². The molecule has 2 aliphatic heterocycles. The Morgan fingerprint density at radius 1 is 0.489 bits per heavy atom. The minimum Gasteiger partial charge on any atom is -0.307 e. The molecule has 0 bridgehead atoms. The van der Waals surface area contributed by atoms with Crippen LogP contribution in [0.4, 0.5) is 17.1 Å². The highest BCUT2D eigenvalue weighted by Gasteiger charge is 2.35. The van der Waals surface area contributed by atoms with Crippen molar-refractivity contribution in [2.24, 2.45) is 0 Å². The minimum absolute atomic E-state index is 0.0252. The molecule has 10 rings (SSSR count). The van der Waals surface area contributed by atoms with Crippen molar-refractivity contribution in [1.82, 2.24) is 14.1 Å². The number of carbonyl (C=O) groups excluding carboxylic acids is 1. The number of rotatable bonds is 2. The van der Waals surface area contributed by atoms with Crippen LogP contribution in [0.15, 0.2) is 145 Å². The standard InChI is InChI=1S/C41H24N4O2/c1-24-25-12-2-7-17-32(25)43(33-18-8-3-13-26(24)33)37-22-29-30(41(47)45-36-21-11-6-16-31(36)42-40(29)45)23-38(37)44-34-19-9-4-14-27(34)39(46)28-15-5-10-20-35(28)44/h2-23H,1H2. The summed E-state index contributed by atoms with van der Waals surface area (Å²) in [5.41, 5.74) is 10.9. The third kappa shape index (κ3) is 3.36.